The van der Waals surface area contributed by atoms with E-state index in [1.54, 1.807) is 12.1 Å². The SMILES string of the molecule is Nc1cc(Br)ccc1S(=O)(=O)NCC1CC1. The van der Waals surface area contributed by atoms with Crippen molar-refractivity contribution in [2.45, 2.75) is 17.7 Å². The van der Waals surface area contributed by atoms with E-state index in [4.69, 9.17) is 5.73 Å². The fourth-order valence-electron chi connectivity index (χ4n) is 1.39. The van der Waals surface area contributed by atoms with E-state index in [2.05, 4.69) is 20.7 Å². The Hall–Kier alpha value is -0.590. The van der Waals surface area contributed by atoms with Gasteiger partial charge in [-0.1, -0.05) is 15.9 Å². The minimum absolute atomic E-state index is 0.149. The molecule has 0 heterocycles. The van der Waals surface area contributed by atoms with Crippen molar-refractivity contribution in [2.24, 2.45) is 5.92 Å². The minimum atomic E-state index is -3.46. The summed E-state index contributed by atoms with van der Waals surface area (Å²) in [6.07, 6.45) is 2.22. The Morgan fingerprint density at radius 1 is 1.44 bits per heavy atom. The van der Waals surface area contributed by atoms with Crippen LogP contribution in [0.25, 0.3) is 0 Å². The monoisotopic (exact) mass is 304 g/mol. The molecule has 0 radical (unpaired) electrons. The first kappa shape index (κ1) is 11.9. The zero-order chi connectivity index (χ0) is 11.8. The van der Waals surface area contributed by atoms with Gasteiger partial charge in [0.2, 0.25) is 10.0 Å². The number of anilines is 1. The van der Waals surface area contributed by atoms with Gasteiger partial charge >= 0.3 is 0 Å². The van der Waals surface area contributed by atoms with Crippen LogP contribution in [0, 0.1) is 5.92 Å². The molecule has 0 aromatic heterocycles. The zero-order valence-corrected chi connectivity index (χ0v) is 11.0. The first-order chi connectivity index (χ1) is 7.49. The molecule has 0 bridgehead atoms. The van der Waals surface area contributed by atoms with Gasteiger partial charge in [0.25, 0.3) is 0 Å². The molecule has 0 aliphatic heterocycles. The lowest BCUT2D eigenvalue weighted by atomic mass is 10.3. The molecule has 0 saturated heterocycles. The number of nitrogens with two attached hydrogens (primary N) is 1. The summed E-state index contributed by atoms with van der Waals surface area (Å²) in [5.74, 6) is 0.506. The maximum absolute atomic E-state index is 11.9. The van der Waals surface area contributed by atoms with Crippen LogP contribution in [0.2, 0.25) is 0 Å². The topological polar surface area (TPSA) is 72.2 Å². The summed E-state index contributed by atoms with van der Waals surface area (Å²) in [6.45, 7) is 0.512. The van der Waals surface area contributed by atoms with Crippen molar-refractivity contribution in [3.05, 3.63) is 22.7 Å². The van der Waals surface area contributed by atoms with Crippen LogP contribution in [0.3, 0.4) is 0 Å². The molecule has 1 aromatic rings. The Bertz CT molecular complexity index is 498. The number of hydrogen-bond acceptors (Lipinski definition) is 3. The third kappa shape index (κ3) is 2.75. The highest BCUT2D eigenvalue weighted by Crippen LogP contribution is 2.29. The number of benzene rings is 1. The van der Waals surface area contributed by atoms with Crippen LogP contribution in [0.1, 0.15) is 12.8 Å². The molecule has 1 aliphatic carbocycles. The molecular weight excluding hydrogens is 292 g/mol. The van der Waals surface area contributed by atoms with Crippen LogP contribution in [0.5, 0.6) is 0 Å². The average molecular weight is 305 g/mol. The summed E-state index contributed by atoms with van der Waals surface area (Å²) in [6, 6.07) is 4.77. The van der Waals surface area contributed by atoms with Gasteiger partial charge in [-0.15, -0.1) is 0 Å². The smallest absolute Gasteiger partial charge is 0.242 e. The summed E-state index contributed by atoms with van der Waals surface area (Å²) >= 11 is 3.24. The highest BCUT2D eigenvalue weighted by Gasteiger charge is 2.25. The molecule has 1 aliphatic rings. The quantitative estimate of drug-likeness (QED) is 0.832. The number of nitrogen functional groups attached to an aromatic ring is 1. The molecular formula is C10H13BrN2O2S. The Labute approximate surface area is 103 Å². The Kier molecular flexibility index (Phi) is 3.23. The van der Waals surface area contributed by atoms with Gasteiger partial charge in [0.05, 0.1) is 5.69 Å². The molecule has 1 saturated carbocycles. The van der Waals surface area contributed by atoms with Gasteiger partial charge in [-0.3, -0.25) is 0 Å². The Morgan fingerprint density at radius 2 is 2.12 bits per heavy atom. The summed E-state index contributed by atoms with van der Waals surface area (Å²) < 4.78 is 27.1. The molecule has 4 nitrogen and oxygen atoms in total. The van der Waals surface area contributed by atoms with E-state index >= 15 is 0 Å². The highest BCUT2D eigenvalue weighted by atomic mass is 79.9. The van der Waals surface area contributed by atoms with Gasteiger partial charge in [-0.05, 0) is 37.0 Å². The van der Waals surface area contributed by atoms with E-state index in [1.807, 2.05) is 0 Å². The van der Waals surface area contributed by atoms with E-state index in [9.17, 15) is 8.42 Å². The van der Waals surface area contributed by atoms with Crippen LogP contribution in [-0.2, 0) is 10.0 Å². The predicted octanol–water partition coefficient (Wildman–Crippen LogP) is 1.72. The molecule has 16 heavy (non-hydrogen) atoms. The van der Waals surface area contributed by atoms with Crippen LogP contribution in [0.4, 0.5) is 5.69 Å². The van der Waals surface area contributed by atoms with E-state index in [0.717, 1.165) is 17.3 Å². The summed E-state index contributed by atoms with van der Waals surface area (Å²) in [5.41, 5.74) is 5.94. The highest BCUT2D eigenvalue weighted by molar-refractivity contribution is 9.10. The lowest BCUT2D eigenvalue weighted by molar-refractivity contribution is 0.578. The standard InChI is InChI=1S/C10H13BrN2O2S/c11-8-3-4-10(9(12)5-8)16(14,15)13-6-7-1-2-7/h3-5,7,13H,1-2,6,12H2. The summed E-state index contributed by atoms with van der Waals surface area (Å²) in [7, 11) is -3.46. The Balaban J connectivity index is 2.20. The molecule has 6 heteroatoms. The normalized spacial score (nSPS) is 16.3. The van der Waals surface area contributed by atoms with E-state index in [0.29, 0.717) is 12.5 Å². The molecule has 0 amide bonds. The first-order valence-electron chi connectivity index (χ1n) is 5.04. The van der Waals surface area contributed by atoms with E-state index < -0.39 is 10.0 Å². The lowest BCUT2D eigenvalue weighted by Crippen LogP contribution is -2.26. The summed E-state index contributed by atoms with van der Waals surface area (Å²) in [5, 5.41) is 0. The fourth-order valence-corrected chi connectivity index (χ4v) is 3.00. The van der Waals surface area contributed by atoms with Gasteiger partial charge in [0.1, 0.15) is 4.90 Å². The molecule has 1 fully saturated rings. The van der Waals surface area contributed by atoms with Crippen molar-refractivity contribution in [1.82, 2.24) is 4.72 Å². The molecule has 1 aromatic carbocycles. The van der Waals surface area contributed by atoms with Crippen molar-refractivity contribution in [2.75, 3.05) is 12.3 Å². The van der Waals surface area contributed by atoms with Crippen LogP contribution in [0.15, 0.2) is 27.6 Å². The second-order valence-electron chi connectivity index (χ2n) is 3.98. The molecule has 88 valence electrons. The van der Waals surface area contributed by atoms with E-state index in [-0.39, 0.29) is 10.6 Å². The van der Waals surface area contributed by atoms with Gasteiger partial charge in [-0.2, -0.15) is 0 Å². The predicted molar refractivity (Wildman–Crippen MR) is 66.5 cm³/mol. The van der Waals surface area contributed by atoms with Crippen molar-refractivity contribution in [1.29, 1.82) is 0 Å². The second kappa shape index (κ2) is 4.35. The van der Waals surface area contributed by atoms with Crippen LogP contribution >= 0.6 is 15.9 Å². The van der Waals surface area contributed by atoms with Gasteiger partial charge in [0.15, 0.2) is 0 Å². The van der Waals surface area contributed by atoms with Crippen LogP contribution in [-0.4, -0.2) is 15.0 Å². The number of nitrogens with one attached hydrogen (secondary N) is 1. The lowest BCUT2D eigenvalue weighted by Gasteiger charge is -2.08. The maximum atomic E-state index is 11.9. The number of sulfonamides is 1. The molecule has 0 unspecified atom stereocenters. The fraction of sp³-hybridized carbons (Fsp3) is 0.400. The third-order valence-corrected chi connectivity index (χ3v) is 4.51. The molecule has 3 N–H and O–H groups in total. The van der Waals surface area contributed by atoms with E-state index in [1.165, 1.54) is 6.07 Å². The summed E-state index contributed by atoms with van der Waals surface area (Å²) in [4.78, 5) is 0.149. The average Bonchev–Trinajstić information content (AvgIpc) is 2.97. The first-order valence-corrected chi connectivity index (χ1v) is 7.31. The molecule has 0 atom stereocenters. The number of rotatable bonds is 4. The molecule has 2 rings (SSSR count). The van der Waals surface area contributed by atoms with Crippen molar-refractivity contribution in [3.8, 4) is 0 Å². The number of halogens is 1. The van der Waals surface area contributed by atoms with Crippen molar-refractivity contribution >= 4 is 31.6 Å². The Morgan fingerprint density at radius 3 is 2.69 bits per heavy atom. The largest absolute Gasteiger partial charge is 0.398 e. The number of hydrogen-bond donors (Lipinski definition) is 2. The third-order valence-electron chi connectivity index (χ3n) is 2.52. The maximum Gasteiger partial charge on any atom is 0.242 e. The van der Waals surface area contributed by atoms with Crippen LogP contribution < -0.4 is 10.5 Å². The molecule has 0 spiro atoms. The van der Waals surface area contributed by atoms with Crippen molar-refractivity contribution < 1.29 is 8.42 Å². The minimum Gasteiger partial charge on any atom is -0.398 e. The second-order valence-corrected chi connectivity index (χ2v) is 6.63. The van der Waals surface area contributed by atoms with Gasteiger partial charge in [-0.25, -0.2) is 13.1 Å². The zero-order valence-electron chi connectivity index (χ0n) is 8.61. The van der Waals surface area contributed by atoms with Gasteiger partial charge in [0, 0.05) is 11.0 Å². The van der Waals surface area contributed by atoms with Crippen molar-refractivity contribution in [3.63, 3.8) is 0 Å². The van der Waals surface area contributed by atoms with Gasteiger partial charge < -0.3 is 5.73 Å².